The smallest absolute Gasteiger partial charge is 0.274 e. The lowest BCUT2D eigenvalue weighted by molar-refractivity contribution is -0.0249. The third-order valence-electron chi connectivity index (χ3n) is 3.69. The Morgan fingerprint density at radius 1 is 1.35 bits per heavy atom. The quantitative estimate of drug-likeness (QED) is 0.867. The van der Waals surface area contributed by atoms with Gasteiger partial charge in [-0.15, -0.1) is 0 Å². The molecule has 0 spiro atoms. The van der Waals surface area contributed by atoms with Gasteiger partial charge in [0.1, 0.15) is 11.8 Å². The predicted molar refractivity (Wildman–Crippen MR) is 80.6 cm³/mol. The summed E-state index contributed by atoms with van der Waals surface area (Å²) in [6.45, 7) is 1.31. The fourth-order valence-corrected chi connectivity index (χ4v) is 2.45. The van der Waals surface area contributed by atoms with Crippen LogP contribution < -0.4 is 5.73 Å². The van der Waals surface area contributed by atoms with Gasteiger partial charge in [-0.25, -0.2) is 0 Å². The Morgan fingerprint density at radius 3 is 2.78 bits per heavy atom. The van der Waals surface area contributed by atoms with Gasteiger partial charge in [0.05, 0.1) is 24.4 Å². The number of amides is 2. The Labute approximate surface area is 132 Å². The monoisotopic (exact) mass is 315 g/mol. The molecule has 1 unspecified atom stereocenters. The minimum absolute atomic E-state index is 0.132. The molecule has 0 saturated carbocycles. The molecule has 1 fully saturated rings. The standard InChI is InChI=1S/C15H17N5O3/c1-19-5-4-12(18-19)15(22)20-6-7-23-13(9-20)11-3-2-10(8-17-11)14(16)21/h2-5,8,13H,6-7,9H2,1H3,(H2,16,21). The number of carbonyl (C=O) groups is 2. The highest BCUT2D eigenvalue weighted by atomic mass is 16.5. The van der Waals surface area contributed by atoms with E-state index in [1.807, 2.05) is 0 Å². The Bertz CT molecular complexity index is 725. The van der Waals surface area contributed by atoms with E-state index in [9.17, 15) is 9.59 Å². The Hall–Kier alpha value is -2.74. The minimum atomic E-state index is -0.527. The molecule has 1 atom stereocenters. The van der Waals surface area contributed by atoms with Gasteiger partial charge in [0, 0.05) is 26.0 Å². The van der Waals surface area contributed by atoms with Crippen molar-refractivity contribution in [2.75, 3.05) is 19.7 Å². The van der Waals surface area contributed by atoms with E-state index >= 15 is 0 Å². The summed E-state index contributed by atoms with van der Waals surface area (Å²) in [5.41, 5.74) is 6.61. The molecule has 1 aliphatic rings. The van der Waals surface area contributed by atoms with Gasteiger partial charge in [0.2, 0.25) is 5.91 Å². The molecular formula is C15H17N5O3. The molecule has 1 aliphatic heterocycles. The van der Waals surface area contributed by atoms with Crippen molar-refractivity contribution in [2.45, 2.75) is 6.10 Å². The number of carbonyl (C=O) groups excluding carboxylic acids is 2. The van der Waals surface area contributed by atoms with E-state index in [-0.39, 0.29) is 12.0 Å². The van der Waals surface area contributed by atoms with Crippen molar-refractivity contribution in [3.05, 3.63) is 47.5 Å². The molecule has 2 aromatic rings. The third kappa shape index (κ3) is 3.21. The zero-order valence-corrected chi connectivity index (χ0v) is 12.7. The first-order valence-electron chi connectivity index (χ1n) is 7.21. The third-order valence-corrected chi connectivity index (χ3v) is 3.69. The van der Waals surface area contributed by atoms with Gasteiger partial charge in [-0.3, -0.25) is 19.3 Å². The minimum Gasteiger partial charge on any atom is -0.368 e. The molecule has 23 heavy (non-hydrogen) atoms. The molecule has 2 aromatic heterocycles. The molecule has 3 heterocycles. The number of hydrogen-bond acceptors (Lipinski definition) is 5. The molecule has 8 heteroatoms. The summed E-state index contributed by atoms with van der Waals surface area (Å²) in [5, 5.41) is 4.13. The Morgan fingerprint density at radius 2 is 2.17 bits per heavy atom. The van der Waals surface area contributed by atoms with Crippen molar-refractivity contribution in [3.8, 4) is 0 Å². The molecule has 3 rings (SSSR count). The van der Waals surface area contributed by atoms with Gasteiger partial charge in [0.25, 0.3) is 5.91 Å². The van der Waals surface area contributed by atoms with Gasteiger partial charge in [-0.1, -0.05) is 0 Å². The number of morpholine rings is 1. The Balaban J connectivity index is 1.72. The van der Waals surface area contributed by atoms with Crippen LogP contribution in [0.15, 0.2) is 30.6 Å². The predicted octanol–water partition coefficient (Wildman–Crippen LogP) is 0.128. The lowest BCUT2D eigenvalue weighted by Crippen LogP contribution is -2.42. The number of aromatic nitrogens is 3. The van der Waals surface area contributed by atoms with Crippen LogP contribution in [0.1, 0.15) is 32.6 Å². The normalized spacial score (nSPS) is 18.0. The Kier molecular flexibility index (Phi) is 4.07. The fourth-order valence-electron chi connectivity index (χ4n) is 2.45. The summed E-state index contributed by atoms with van der Waals surface area (Å²) in [6.07, 6.45) is 2.81. The van der Waals surface area contributed by atoms with Gasteiger partial charge < -0.3 is 15.4 Å². The number of primary amides is 1. The summed E-state index contributed by atoms with van der Waals surface area (Å²) >= 11 is 0. The number of aryl methyl sites for hydroxylation is 1. The number of rotatable bonds is 3. The summed E-state index contributed by atoms with van der Waals surface area (Å²) < 4.78 is 7.28. The zero-order chi connectivity index (χ0) is 16.4. The van der Waals surface area contributed by atoms with Gasteiger partial charge >= 0.3 is 0 Å². The van der Waals surface area contributed by atoms with E-state index < -0.39 is 5.91 Å². The van der Waals surface area contributed by atoms with E-state index in [1.165, 1.54) is 6.20 Å². The van der Waals surface area contributed by atoms with Gasteiger partial charge in [0.15, 0.2) is 0 Å². The maximum Gasteiger partial charge on any atom is 0.274 e. The zero-order valence-electron chi connectivity index (χ0n) is 12.7. The molecular weight excluding hydrogens is 298 g/mol. The van der Waals surface area contributed by atoms with Crippen LogP contribution in [0.5, 0.6) is 0 Å². The average molecular weight is 315 g/mol. The van der Waals surface area contributed by atoms with Crippen molar-refractivity contribution in [1.82, 2.24) is 19.7 Å². The first kappa shape index (κ1) is 15.2. The van der Waals surface area contributed by atoms with Crippen molar-refractivity contribution in [1.29, 1.82) is 0 Å². The topological polar surface area (TPSA) is 103 Å². The largest absolute Gasteiger partial charge is 0.368 e. The van der Waals surface area contributed by atoms with Crippen LogP contribution in [-0.4, -0.2) is 51.2 Å². The first-order chi connectivity index (χ1) is 11.0. The summed E-state index contributed by atoms with van der Waals surface area (Å²) in [6, 6.07) is 4.99. The number of nitrogens with zero attached hydrogens (tertiary/aromatic N) is 4. The van der Waals surface area contributed by atoms with Crippen LogP contribution in [0.2, 0.25) is 0 Å². The fraction of sp³-hybridized carbons (Fsp3) is 0.333. The average Bonchev–Trinajstić information content (AvgIpc) is 3.01. The molecule has 0 aromatic carbocycles. The number of pyridine rings is 1. The SMILES string of the molecule is Cn1ccc(C(=O)N2CCOC(c3ccc(C(N)=O)cn3)C2)n1. The second kappa shape index (κ2) is 6.17. The molecule has 1 saturated heterocycles. The van der Waals surface area contributed by atoms with Crippen molar-refractivity contribution in [3.63, 3.8) is 0 Å². The summed E-state index contributed by atoms with van der Waals surface area (Å²) in [4.78, 5) is 29.4. The molecule has 0 aliphatic carbocycles. The van der Waals surface area contributed by atoms with Crippen LogP contribution >= 0.6 is 0 Å². The summed E-state index contributed by atoms with van der Waals surface area (Å²) in [5.74, 6) is -0.659. The maximum atomic E-state index is 12.4. The van der Waals surface area contributed by atoms with E-state index in [4.69, 9.17) is 10.5 Å². The van der Waals surface area contributed by atoms with E-state index in [1.54, 1.807) is 41.0 Å². The second-order valence-electron chi connectivity index (χ2n) is 5.32. The molecule has 120 valence electrons. The second-order valence-corrected chi connectivity index (χ2v) is 5.32. The molecule has 0 radical (unpaired) electrons. The van der Waals surface area contributed by atoms with Gasteiger partial charge in [-0.2, -0.15) is 5.10 Å². The number of hydrogen-bond donors (Lipinski definition) is 1. The lowest BCUT2D eigenvalue weighted by Gasteiger charge is -2.32. The highest BCUT2D eigenvalue weighted by Gasteiger charge is 2.28. The van der Waals surface area contributed by atoms with Crippen molar-refractivity contribution < 1.29 is 14.3 Å². The van der Waals surface area contributed by atoms with Gasteiger partial charge in [-0.05, 0) is 18.2 Å². The maximum absolute atomic E-state index is 12.4. The van der Waals surface area contributed by atoms with E-state index in [0.717, 1.165) is 0 Å². The first-order valence-corrected chi connectivity index (χ1v) is 7.21. The van der Waals surface area contributed by atoms with Crippen LogP contribution in [0.4, 0.5) is 0 Å². The van der Waals surface area contributed by atoms with Crippen molar-refractivity contribution in [2.24, 2.45) is 12.8 Å². The van der Waals surface area contributed by atoms with Crippen LogP contribution in [0.25, 0.3) is 0 Å². The van der Waals surface area contributed by atoms with Crippen LogP contribution in [0, 0.1) is 0 Å². The molecule has 0 bridgehead atoms. The molecule has 2 amide bonds. The molecule has 8 nitrogen and oxygen atoms in total. The lowest BCUT2D eigenvalue weighted by atomic mass is 10.1. The summed E-state index contributed by atoms with van der Waals surface area (Å²) in [7, 11) is 1.77. The van der Waals surface area contributed by atoms with Crippen LogP contribution in [0.3, 0.4) is 0 Å². The van der Waals surface area contributed by atoms with E-state index in [0.29, 0.717) is 36.6 Å². The highest BCUT2D eigenvalue weighted by Crippen LogP contribution is 2.21. The van der Waals surface area contributed by atoms with E-state index in [2.05, 4.69) is 10.1 Å². The number of nitrogens with two attached hydrogens (primary N) is 1. The highest BCUT2D eigenvalue weighted by molar-refractivity contribution is 5.92. The van der Waals surface area contributed by atoms with Crippen LogP contribution in [-0.2, 0) is 11.8 Å². The van der Waals surface area contributed by atoms with Crippen molar-refractivity contribution >= 4 is 11.8 Å². The molecule has 2 N–H and O–H groups in total. The number of ether oxygens (including phenoxy) is 1.